The van der Waals surface area contributed by atoms with Gasteiger partial charge in [-0.25, -0.2) is 0 Å². The number of rotatable bonds is 8. The predicted molar refractivity (Wildman–Crippen MR) is 73.1 cm³/mol. The number of benzene rings is 1. The zero-order chi connectivity index (χ0) is 13.5. The monoisotopic (exact) mass is 260 g/mol. The Labute approximate surface area is 114 Å². The fourth-order valence-corrected chi connectivity index (χ4v) is 2.06. The van der Waals surface area contributed by atoms with Gasteiger partial charge in [0.05, 0.1) is 18.2 Å². The minimum Gasteiger partial charge on any atom is -0.492 e. The Morgan fingerprint density at radius 3 is 2.79 bits per heavy atom. The van der Waals surface area contributed by atoms with Crippen molar-refractivity contribution in [2.45, 2.75) is 18.9 Å². The second-order valence-corrected chi connectivity index (χ2v) is 4.75. The maximum Gasteiger partial charge on any atom is 0.120 e. The zero-order valence-corrected chi connectivity index (χ0v) is 11.3. The summed E-state index contributed by atoms with van der Waals surface area (Å²) in [6.07, 6.45) is 2.57. The highest BCUT2D eigenvalue weighted by Gasteiger charge is 2.28. The summed E-state index contributed by atoms with van der Waals surface area (Å²) < 4.78 is 10.8. The first kappa shape index (κ1) is 13.9. The molecule has 0 aliphatic heterocycles. The summed E-state index contributed by atoms with van der Waals surface area (Å²) >= 11 is 0. The second kappa shape index (κ2) is 7.13. The molecule has 1 saturated carbocycles. The minimum absolute atomic E-state index is 0.635. The van der Waals surface area contributed by atoms with Crippen LogP contribution in [0.5, 0.6) is 5.75 Å². The first-order valence-electron chi connectivity index (χ1n) is 6.69. The highest BCUT2D eigenvalue weighted by atomic mass is 16.5. The van der Waals surface area contributed by atoms with Gasteiger partial charge in [0.2, 0.25) is 0 Å². The SMILES string of the molecule is COCCN(CCOc1cccc(C#N)c1)C1CC1. The summed E-state index contributed by atoms with van der Waals surface area (Å²) in [6.45, 7) is 3.28. The third kappa shape index (κ3) is 4.55. The fourth-order valence-electron chi connectivity index (χ4n) is 2.06. The van der Waals surface area contributed by atoms with E-state index in [-0.39, 0.29) is 0 Å². The molecule has 0 aromatic heterocycles. The summed E-state index contributed by atoms with van der Waals surface area (Å²) in [6, 6.07) is 10.1. The molecule has 0 N–H and O–H groups in total. The van der Waals surface area contributed by atoms with Crippen LogP contribution in [-0.4, -0.2) is 44.4 Å². The van der Waals surface area contributed by atoms with Crippen LogP contribution < -0.4 is 4.74 Å². The topological polar surface area (TPSA) is 45.5 Å². The Hall–Kier alpha value is -1.57. The Balaban J connectivity index is 1.76. The number of nitriles is 1. The molecule has 1 aliphatic carbocycles. The van der Waals surface area contributed by atoms with E-state index in [0.29, 0.717) is 18.2 Å². The van der Waals surface area contributed by atoms with Gasteiger partial charge in [-0.3, -0.25) is 4.90 Å². The Morgan fingerprint density at radius 2 is 2.11 bits per heavy atom. The molecule has 4 nitrogen and oxygen atoms in total. The molecule has 0 spiro atoms. The predicted octanol–water partition coefficient (Wildman–Crippen LogP) is 2.05. The maximum atomic E-state index is 8.83. The number of hydrogen-bond acceptors (Lipinski definition) is 4. The smallest absolute Gasteiger partial charge is 0.120 e. The zero-order valence-electron chi connectivity index (χ0n) is 11.3. The summed E-state index contributed by atoms with van der Waals surface area (Å²) in [4.78, 5) is 2.41. The lowest BCUT2D eigenvalue weighted by atomic mass is 10.2. The lowest BCUT2D eigenvalue weighted by Gasteiger charge is -2.21. The number of nitrogens with zero attached hydrogens (tertiary/aromatic N) is 2. The molecule has 1 fully saturated rings. The van der Waals surface area contributed by atoms with Crippen LogP contribution in [0.15, 0.2) is 24.3 Å². The van der Waals surface area contributed by atoms with Crippen LogP contribution in [0, 0.1) is 11.3 Å². The van der Waals surface area contributed by atoms with Gasteiger partial charge in [-0.1, -0.05) is 6.07 Å². The molecule has 1 aromatic carbocycles. The van der Waals surface area contributed by atoms with E-state index >= 15 is 0 Å². The molecule has 0 saturated heterocycles. The second-order valence-electron chi connectivity index (χ2n) is 4.75. The third-order valence-electron chi connectivity index (χ3n) is 3.26. The van der Waals surface area contributed by atoms with Crippen molar-refractivity contribution < 1.29 is 9.47 Å². The standard InChI is InChI=1S/C15H20N2O2/c1-18-9-7-17(14-5-6-14)8-10-19-15-4-2-3-13(11-15)12-16/h2-4,11,14H,5-10H2,1H3. The number of ether oxygens (including phenoxy) is 2. The maximum absolute atomic E-state index is 8.83. The molecular formula is C15H20N2O2. The average molecular weight is 260 g/mol. The Morgan fingerprint density at radius 1 is 1.32 bits per heavy atom. The lowest BCUT2D eigenvalue weighted by molar-refractivity contribution is 0.130. The van der Waals surface area contributed by atoms with Crippen LogP contribution in [0.4, 0.5) is 0 Å². The van der Waals surface area contributed by atoms with Crippen molar-refractivity contribution in [3.05, 3.63) is 29.8 Å². The first-order valence-corrected chi connectivity index (χ1v) is 6.69. The molecule has 2 rings (SSSR count). The highest BCUT2D eigenvalue weighted by molar-refractivity contribution is 5.36. The molecule has 1 aliphatic rings. The molecule has 4 heteroatoms. The van der Waals surface area contributed by atoms with E-state index in [2.05, 4.69) is 11.0 Å². The summed E-state index contributed by atoms with van der Waals surface area (Å²) in [7, 11) is 1.73. The van der Waals surface area contributed by atoms with Gasteiger partial charge in [0.1, 0.15) is 12.4 Å². The summed E-state index contributed by atoms with van der Waals surface area (Å²) in [5.41, 5.74) is 0.635. The van der Waals surface area contributed by atoms with Gasteiger partial charge < -0.3 is 9.47 Å². The van der Waals surface area contributed by atoms with Crippen molar-refractivity contribution in [1.29, 1.82) is 5.26 Å². The normalized spacial score (nSPS) is 14.4. The molecule has 19 heavy (non-hydrogen) atoms. The van der Waals surface area contributed by atoms with E-state index in [9.17, 15) is 0 Å². The van der Waals surface area contributed by atoms with Gasteiger partial charge in [-0.2, -0.15) is 5.26 Å². The molecular weight excluding hydrogens is 240 g/mol. The van der Waals surface area contributed by atoms with Gasteiger partial charge in [0.25, 0.3) is 0 Å². The molecule has 0 radical (unpaired) electrons. The molecule has 0 unspecified atom stereocenters. The van der Waals surface area contributed by atoms with Gasteiger partial charge in [-0.15, -0.1) is 0 Å². The van der Waals surface area contributed by atoms with E-state index < -0.39 is 0 Å². The molecule has 1 aromatic rings. The lowest BCUT2D eigenvalue weighted by Crippen LogP contribution is -2.33. The summed E-state index contributed by atoms with van der Waals surface area (Å²) in [5.74, 6) is 0.765. The highest BCUT2D eigenvalue weighted by Crippen LogP contribution is 2.26. The van der Waals surface area contributed by atoms with Crippen LogP contribution >= 0.6 is 0 Å². The minimum atomic E-state index is 0.635. The fraction of sp³-hybridized carbons (Fsp3) is 0.533. The largest absolute Gasteiger partial charge is 0.492 e. The number of hydrogen-bond donors (Lipinski definition) is 0. The van der Waals surface area contributed by atoms with E-state index in [4.69, 9.17) is 14.7 Å². The van der Waals surface area contributed by atoms with Crippen LogP contribution in [0.1, 0.15) is 18.4 Å². The van der Waals surface area contributed by atoms with Crippen LogP contribution in [0.2, 0.25) is 0 Å². The molecule has 0 amide bonds. The molecule has 0 bridgehead atoms. The van der Waals surface area contributed by atoms with Gasteiger partial charge in [-0.05, 0) is 31.0 Å². The molecule has 102 valence electrons. The Kier molecular flexibility index (Phi) is 5.20. The molecule has 0 heterocycles. The molecule has 0 atom stereocenters. The van der Waals surface area contributed by atoms with Crippen molar-refractivity contribution in [1.82, 2.24) is 4.90 Å². The quantitative estimate of drug-likeness (QED) is 0.717. The van der Waals surface area contributed by atoms with E-state index in [0.717, 1.165) is 25.4 Å². The van der Waals surface area contributed by atoms with E-state index in [1.165, 1.54) is 12.8 Å². The first-order chi connectivity index (χ1) is 9.33. The Bertz CT molecular complexity index is 438. The third-order valence-corrected chi connectivity index (χ3v) is 3.26. The number of methoxy groups -OCH3 is 1. The van der Waals surface area contributed by atoms with Crippen LogP contribution in [0.25, 0.3) is 0 Å². The average Bonchev–Trinajstić information content (AvgIpc) is 3.27. The van der Waals surface area contributed by atoms with Gasteiger partial charge in [0, 0.05) is 26.2 Å². The van der Waals surface area contributed by atoms with Gasteiger partial charge in [0.15, 0.2) is 0 Å². The van der Waals surface area contributed by atoms with Gasteiger partial charge >= 0.3 is 0 Å². The van der Waals surface area contributed by atoms with Crippen LogP contribution in [0.3, 0.4) is 0 Å². The van der Waals surface area contributed by atoms with Crippen molar-refractivity contribution >= 4 is 0 Å². The van der Waals surface area contributed by atoms with Crippen LogP contribution in [-0.2, 0) is 4.74 Å². The van der Waals surface area contributed by atoms with Crippen molar-refractivity contribution in [3.63, 3.8) is 0 Å². The van der Waals surface area contributed by atoms with Crippen molar-refractivity contribution in [3.8, 4) is 11.8 Å². The van der Waals surface area contributed by atoms with E-state index in [1.54, 1.807) is 19.2 Å². The van der Waals surface area contributed by atoms with Crippen molar-refractivity contribution in [2.75, 3.05) is 33.4 Å². The van der Waals surface area contributed by atoms with E-state index in [1.807, 2.05) is 12.1 Å². The van der Waals surface area contributed by atoms with Crippen molar-refractivity contribution in [2.24, 2.45) is 0 Å². The summed E-state index contributed by atoms with van der Waals surface area (Å²) in [5, 5.41) is 8.83.